The molecule has 0 saturated carbocycles. The summed E-state index contributed by atoms with van der Waals surface area (Å²) in [7, 11) is 0. The molecule has 1 rings (SSSR count). The van der Waals surface area contributed by atoms with Gasteiger partial charge in [-0.15, -0.1) is 0 Å². The van der Waals surface area contributed by atoms with Gasteiger partial charge in [0, 0.05) is 5.69 Å². The van der Waals surface area contributed by atoms with Crippen LogP contribution in [-0.4, -0.2) is 17.7 Å². The highest BCUT2D eigenvalue weighted by atomic mass is 16.7. The third-order valence-corrected chi connectivity index (χ3v) is 1.71. The lowest BCUT2D eigenvalue weighted by atomic mass is 10.2. The zero-order valence-corrected chi connectivity index (χ0v) is 10.0. The molecular weight excluding hydrogens is 222 g/mol. The van der Waals surface area contributed by atoms with Crippen LogP contribution in [0.2, 0.25) is 0 Å². The predicted octanol–water partition coefficient (Wildman–Crippen LogP) is 2.36. The van der Waals surface area contributed by atoms with Gasteiger partial charge in [-0.25, -0.2) is 9.59 Å². The Balaban J connectivity index is 2.61. The Hall–Kier alpha value is -2.04. The summed E-state index contributed by atoms with van der Waals surface area (Å²) in [4.78, 5) is 22.7. The predicted molar refractivity (Wildman–Crippen MR) is 62.5 cm³/mol. The van der Waals surface area contributed by atoms with E-state index in [4.69, 9.17) is 10.5 Å². The maximum Gasteiger partial charge on any atom is 0.516 e. The first-order chi connectivity index (χ1) is 7.78. The van der Waals surface area contributed by atoms with Crippen molar-refractivity contribution in [3.8, 4) is 0 Å². The highest BCUT2D eigenvalue weighted by Crippen LogP contribution is 2.11. The SMILES string of the molecule is CC(C)(C)OC(=O)OC(=O)c1ccc(N)cc1. The summed E-state index contributed by atoms with van der Waals surface area (Å²) in [6, 6.07) is 6.04. The van der Waals surface area contributed by atoms with Crippen LogP contribution in [0.3, 0.4) is 0 Å². The molecule has 0 unspecified atom stereocenters. The molecule has 0 spiro atoms. The van der Waals surface area contributed by atoms with Crippen LogP contribution in [0, 0.1) is 0 Å². The van der Waals surface area contributed by atoms with Gasteiger partial charge in [-0.2, -0.15) is 0 Å². The minimum atomic E-state index is -1.01. The molecule has 0 aromatic heterocycles. The molecule has 0 aliphatic rings. The summed E-state index contributed by atoms with van der Waals surface area (Å²) < 4.78 is 9.36. The van der Waals surface area contributed by atoms with E-state index in [1.54, 1.807) is 32.9 Å². The first-order valence-electron chi connectivity index (χ1n) is 5.08. The van der Waals surface area contributed by atoms with Crippen molar-refractivity contribution in [2.75, 3.05) is 5.73 Å². The Bertz CT molecular complexity index is 417. The topological polar surface area (TPSA) is 78.6 Å². The van der Waals surface area contributed by atoms with E-state index in [-0.39, 0.29) is 5.56 Å². The molecule has 0 atom stereocenters. The zero-order chi connectivity index (χ0) is 13.1. The smallest absolute Gasteiger partial charge is 0.428 e. The van der Waals surface area contributed by atoms with E-state index < -0.39 is 17.7 Å². The number of rotatable bonds is 1. The molecule has 17 heavy (non-hydrogen) atoms. The third-order valence-electron chi connectivity index (χ3n) is 1.71. The van der Waals surface area contributed by atoms with E-state index in [2.05, 4.69) is 4.74 Å². The molecule has 5 heteroatoms. The lowest BCUT2D eigenvalue weighted by Crippen LogP contribution is -2.26. The molecule has 0 radical (unpaired) electrons. The number of ether oxygens (including phenoxy) is 2. The molecule has 5 nitrogen and oxygen atoms in total. The summed E-state index contributed by atoms with van der Waals surface area (Å²) in [5.74, 6) is -0.765. The largest absolute Gasteiger partial charge is 0.516 e. The third kappa shape index (κ3) is 4.55. The van der Waals surface area contributed by atoms with Gasteiger partial charge in [-0.3, -0.25) is 0 Å². The minimum Gasteiger partial charge on any atom is -0.428 e. The molecule has 92 valence electrons. The molecule has 0 aliphatic heterocycles. The number of hydrogen-bond acceptors (Lipinski definition) is 5. The lowest BCUT2D eigenvalue weighted by Gasteiger charge is -2.18. The van der Waals surface area contributed by atoms with Gasteiger partial charge >= 0.3 is 12.1 Å². The average molecular weight is 237 g/mol. The highest BCUT2D eigenvalue weighted by Gasteiger charge is 2.20. The fourth-order valence-electron chi connectivity index (χ4n) is 1.02. The maximum absolute atomic E-state index is 11.5. The average Bonchev–Trinajstić information content (AvgIpc) is 2.15. The molecule has 0 heterocycles. The number of hydrogen-bond donors (Lipinski definition) is 1. The molecule has 2 N–H and O–H groups in total. The van der Waals surface area contributed by atoms with Crippen LogP contribution in [0.25, 0.3) is 0 Å². The summed E-state index contributed by atoms with van der Waals surface area (Å²) >= 11 is 0. The Morgan fingerprint density at radius 2 is 1.65 bits per heavy atom. The number of esters is 1. The summed E-state index contributed by atoms with van der Waals surface area (Å²) in [5.41, 5.74) is 5.54. The number of anilines is 1. The van der Waals surface area contributed by atoms with Gasteiger partial charge in [0.15, 0.2) is 0 Å². The fourth-order valence-corrected chi connectivity index (χ4v) is 1.02. The van der Waals surface area contributed by atoms with Crippen LogP contribution in [0.4, 0.5) is 10.5 Å². The fraction of sp³-hybridized carbons (Fsp3) is 0.333. The second-order valence-corrected chi connectivity index (χ2v) is 4.48. The van der Waals surface area contributed by atoms with Gasteiger partial charge in [0.05, 0.1) is 5.56 Å². The van der Waals surface area contributed by atoms with Crippen LogP contribution in [0.5, 0.6) is 0 Å². The Labute approximate surface area is 99.5 Å². The number of nitrogen functional groups attached to an aromatic ring is 1. The van der Waals surface area contributed by atoms with Crippen molar-refractivity contribution < 1.29 is 19.1 Å². The first kappa shape index (κ1) is 13.0. The zero-order valence-electron chi connectivity index (χ0n) is 10.0. The monoisotopic (exact) mass is 237 g/mol. The van der Waals surface area contributed by atoms with Crippen molar-refractivity contribution >= 4 is 17.8 Å². The van der Waals surface area contributed by atoms with Crippen LogP contribution >= 0.6 is 0 Å². The van der Waals surface area contributed by atoms with E-state index in [1.165, 1.54) is 12.1 Å². The van der Waals surface area contributed by atoms with Gasteiger partial charge in [0.25, 0.3) is 0 Å². The van der Waals surface area contributed by atoms with E-state index in [0.29, 0.717) is 5.69 Å². The van der Waals surface area contributed by atoms with Crippen molar-refractivity contribution in [2.24, 2.45) is 0 Å². The maximum atomic E-state index is 11.5. The van der Waals surface area contributed by atoms with Crippen molar-refractivity contribution in [1.82, 2.24) is 0 Å². The van der Waals surface area contributed by atoms with Crippen LogP contribution in [0.15, 0.2) is 24.3 Å². The second-order valence-electron chi connectivity index (χ2n) is 4.48. The van der Waals surface area contributed by atoms with Crippen molar-refractivity contribution in [3.05, 3.63) is 29.8 Å². The van der Waals surface area contributed by atoms with Crippen LogP contribution in [-0.2, 0) is 9.47 Å². The number of benzene rings is 1. The van der Waals surface area contributed by atoms with Crippen molar-refractivity contribution in [2.45, 2.75) is 26.4 Å². The van der Waals surface area contributed by atoms with Crippen LogP contribution < -0.4 is 5.73 Å². The highest BCUT2D eigenvalue weighted by molar-refractivity contribution is 5.95. The van der Waals surface area contributed by atoms with Gasteiger partial charge in [0.2, 0.25) is 0 Å². The van der Waals surface area contributed by atoms with Crippen molar-refractivity contribution in [3.63, 3.8) is 0 Å². The Morgan fingerprint density at radius 3 is 2.12 bits per heavy atom. The quantitative estimate of drug-likeness (QED) is 0.461. The van der Waals surface area contributed by atoms with E-state index in [1.807, 2.05) is 0 Å². The lowest BCUT2D eigenvalue weighted by molar-refractivity contribution is -0.00154. The summed E-state index contributed by atoms with van der Waals surface area (Å²) in [5, 5.41) is 0. The van der Waals surface area contributed by atoms with Gasteiger partial charge in [-0.05, 0) is 45.0 Å². The van der Waals surface area contributed by atoms with Crippen molar-refractivity contribution in [1.29, 1.82) is 0 Å². The number of nitrogens with two attached hydrogens (primary N) is 1. The molecular formula is C12H15NO4. The molecule has 0 fully saturated rings. The van der Waals surface area contributed by atoms with Gasteiger partial charge in [-0.1, -0.05) is 0 Å². The Morgan fingerprint density at radius 1 is 1.12 bits per heavy atom. The normalized spacial score (nSPS) is 10.8. The molecule has 1 aromatic carbocycles. The molecule has 0 bridgehead atoms. The van der Waals surface area contributed by atoms with Crippen LogP contribution in [0.1, 0.15) is 31.1 Å². The molecule has 1 aromatic rings. The minimum absolute atomic E-state index is 0.241. The molecule has 0 amide bonds. The van der Waals surface area contributed by atoms with E-state index in [9.17, 15) is 9.59 Å². The molecule has 0 aliphatic carbocycles. The standard InChI is InChI=1S/C12H15NO4/c1-12(2,3)17-11(15)16-10(14)8-4-6-9(13)7-5-8/h4-7H,13H2,1-3H3. The number of carbonyl (C=O) groups excluding carboxylic acids is 2. The first-order valence-corrected chi connectivity index (χ1v) is 5.08. The second kappa shape index (κ2) is 4.86. The summed E-state index contributed by atoms with van der Waals surface area (Å²) in [6.07, 6.45) is -1.01. The summed E-state index contributed by atoms with van der Waals surface area (Å²) in [6.45, 7) is 5.05. The van der Waals surface area contributed by atoms with Gasteiger partial charge < -0.3 is 15.2 Å². The Kier molecular flexibility index (Phi) is 3.73. The van der Waals surface area contributed by atoms with E-state index >= 15 is 0 Å². The number of carbonyl (C=O) groups is 2. The van der Waals surface area contributed by atoms with Gasteiger partial charge in [0.1, 0.15) is 5.60 Å². The van der Waals surface area contributed by atoms with E-state index in [0.717, 1.165) is 0 Å². The molecule has 0 saturated heterocycles.